The quantitative estimate of drug-likeness (QED) is 0.712. The van der Waals surface area contributed by atoms with Crippen molar-refractivity contribution in [3.8, 4) is 5.75 Å². The molecule has 0 fully saturated rings. The van der Waals surface area contributed by atoms with Gasteiger partial charge in [0, 0.05) is 42.4 Å². The van der Waals surface area contributed by atoms with Gasteiger partial charge in [-0.05, 0) is 12.1 Å². The van der Waals surface area contributed by atoms with Gasteiger partial charge >= 0.3 is 0 Å². The van der Waals surface area contributed by atoms with Crippen LogP contribution in [0.25, 0.3) is 0 Å². The smallest absolute Gasteiger partial charge is 0.151 e. The Balaban J connectivity index is 1.87. The molecule has 0 aliphatic rings. The summed E-state index contributed by atoms with van der Waals surface area (Å²) in [7, 11) is -2.93. The first-order chi connectivity index (χ1) is 11.1. The molecule has 0 atom stereocenters. The fraction of sp³-hybridized carbons (Fsp3) is 0.353. The van der Waals surface area contributed by atoms with Crippen molar-refractivity contribution in [1.82, 2.24) is 10.3 Å². The largest absolute Gasteiger partial charge is 0.489 e. The molecule has 0 radical (unpaired) electrons. The van der Waals surface area contributed by atoms with E-state index in [1.54, 1.807) is 19.3 Å². The van der Waals surface area contributed by atoms with Gasteiger partial charge in [0.25, 0.3) is 0 Å². The monoisotopic (exact) mass is 334 g/mol. The number of sulfone groups is 1. The van der Waals surface area contributed by atoms with Gasteiger partial charge in [0.15, 0.2) is 9.84 Å². The predicted molar refractivity (Wildman–Crippen MR) is 91.0 cm³/mol. The van der Waals surface area contributed by atoms with E-state index in [1.807, 2.05) is 36.4 Å². The van der Waals surface area contributed by atoms with E-state index in [4.69, 9.17) is 4.74 Å². The van der Waals surface area contributed by atoms with Crippen molar-refractivity contribution in [2.24, 2.45) is 0 Å². The maximum Gasteiger partial charge on any atom is 0.151 e. The second-order valence-electron chi connectivity index (χ2n) is 5.17. The highest BCUT2D eigenvalue weighted by Crippen LogP contribution is 2.19. The van der Waals surface area contributed by atoms with Crippen molar-refractivity contribution in [1.29, 1.82) is 0 Å². The molecule has 1 aromatic carbocycles. The molecule has 2 rings (SSSR count). The summed E-state index contributed by atoms with van der Waals surface area (Å²) >= 11 is 0. The number of hydrogen-bond donors (Lipinski definition) is 1. The second-order valence-corrected chi connectivity index (χ2v) is 7.64. The summed E-state index contributed by atoms with van der Waals surface area (Å²) in [6, 6.07) is 11.6. The normalized spacial score (nSPS) is 11.3. The summed E-state index contributed by atoms with van der Waals surface area (Å²) in [6.07, 6.45) is 3.50. The molecular formula is C17H22N2O3S. The highest BCUT2D eigenvalue weighted by atomic mass is 32.2. The lowest BCUT2D eigenvalue weighted by molar-refractivity contribution is 0.302. The maximum atomic E-state index is 11.5. The average molecular weight is 334 g/mol. The molecule has 0 saturated carbocycles. The lowest BCUT2D eigenvalue weighted by atomic mass is 10.2. The number of hydrogen-bond acceptors (Lipinski definition) is 5. The Bertz CT molecular complexity index is 703. The molecule has 2 aromatic rings. The lowest BCUT2D eigenvalue weighted by Gasteiger charge is -2.12. The van der Waals surface area contributed by atoms with Crippen molar-refractivity contribution in [2.45, 2.75) is 20.1 Å². The van der Waals surface area contributed by atoms with E-state index in [0.717, 1.165) is 16.9 Å². The Hall–Kier alpha value is -1.92. The first kappa shape index (κ1) is 17.4. The van der Waals surface area contributed by atoms with E-state index < -0.39 is 9.84 Å². The number of rotatable bonds is 9. The molecule has 6 heteroatoms. The lowest BCUT2D eigenvalue weighted by Crippen LogP contribution is -2.23. The van der Waals surface area contributed by atoms with E-state index in [2.05, 4.69) is 10.3 Å². The minimum absolute atomic E-state index is 0.155. The minimum Gasteiger partial charge on any atom is -0.489 e. The van der Waals surface area contributed by atoms with Gasteiger partial charge in [0.05, 0.1) is 5.75 Å². The van der Waals surface area contributed by atoms with E-state index in [-0.39, 0.29) is 11.5 Å². The molecule has 1 aromatic heterocycles. The standard InChI is InChI=1S/C17H22N2O3S/c1-2-23(20,21)11-10-19-13-16-7-3-4-8-17(16)22-14-15-6-5-9-18-12-15/h3-9,12,19H,2,10-11,13-14H2,1H3. The van der Waals surface area contributed by atoms with E-state index in [1.165, 1.54) is 0 Å². The molecule has 0 saturated heterocycles. The zero-order chi connectivity index (χ0) is 16.5. The van der Waals surface area contributed by atoms with E-state index >= 15 is 0 Å². The number of aromatic nitrogens is 1. The van der Waals surface area contributed by atoms with Gasteiger partial charge in [-0.2, -0.15) is 0 Å². The maximum absolute atomic E-state index is 11.5. The molecule has 0 amide bonds. The zero-order valence-corrected chi connectivity index (χ0v) is 14.1. The van der Waals surface area contributed by atoms with Gasteiger partial charge in [-0.1, -0.05) is 31.2 Å². The number of nitrogens with zero attached hydrogens (tertiary/aromatic N) is 1. The van der Waals surface area contributed by atoms with Crippen LogP contribution in [0.3, 0.4) is 0 Å². The molecule has 5 nitrogen and oxygen atoms in total. The van der Waals surface area contributed by atoms with Crippen LogP contribution in [0.4, 0.5) is 0 Å². The first-order valence-corrected chi connectivity index (χ1v) is 9.43. The van der Waals surface area contributed by atoms with Crippen LogP contribution in [0.2, 0.25) is 0 Å². The molecule has 124 valence electrons. The van der Waals surface area contributed by atoms with Crippen molar-refractivity contribution in [3.05, 3.63) is 59.9 Å². The SMILES string of the molecule is CCS(=O)(=O)CCNCc1ccccc1OCc1cccnc1. The summed E-state index contributed by atoms with van der Waals surface area (Å²) in [4.78, 5) is 4.06. The third-order valence-corrected chi connectivity index (χ3v) is 5.14. The van der Waals surface area contributed by atoms with Crippen LogP contribution in [0, 0.1) is 0 Å². The number of benzene rings is 1. The summed E-state index contributed by atoms with van der Waals surface area (Å²) < 4.78 is 28.8. The molecule has 1 N–H and O–H groups in total. The van der Waals surface area contributed by atoms with Crippen molar-refractivity contribution < 1.29 is 13.2 Å². The van der Waals surface area contributed by atoms with Gasteiger partial charge in [0.2, 0.25) is 0 Å². The van der Waals surface area contributed by atoms with Crippen LogP contribution in [-0.4, -0.2) is 31.5 Å². The van der Waals surface area contributed by atoms with Crippen LogP contribution in [0.5, 0.6) is 5.75 Å². The molecule has 0 unspecified atom stereocenters. The van der Waals surface area contributed by atoms with Gasteiger partial charge in [-0.15, -0.1) is 0 Å². The Kier molecular flexibility index (Phi) is 6.55. The second kappa shape index (κ2) is 8.64. The minimum atomic E-state index is -2.93. The number of pyridine rings is 1. The number of ether oxygens (including phenoxy) is 1. The van der Waals surface area contributed by atoms with Crippen molar-refractivity contribution in [3.63, 3.8) is 0 Å². The van der Waals surface area contributed by atoms with Crippen molar-refractivity contribution in [2.75, 3.05) is 18.1 Å². The third-order valence-electron chi connectivity index (χ3n) is 3.43. The van der Waals surface area contributed by atoms with Gasteiger partial charge in [0.1, 0.15) is 12.4 Å². The van der Waals surface area contributed by atoms with E-state index in [9.17, 15) is 8.42 Å². The molecule has 0 bridgehead atoms. The number of para-hydroxylation sites is 1. The molecule has 0 spiro atoms. The Labute approximate surface area is 137 Å². The molecule has 1 heterocycles. The summed E-state index contributed by atoms with van der Waals surface area (Å²) in [6.45, 7) is 3.13. The molecule has 0 aliphatic carbocycles. The van der Waals surface area contributed by atoms with Crippen LogP contribution >= 0.6 is 0 Å². The summed E-state index contributed by atoms with van der Waals surface area (Å²) in [5.74, 6) is 1.13. The first-order valence-electron chi connectivity index (χ1n) is 7.61. The van der Waals surface area contributed by atoms with Crippen LogP contribution in [0.15, 0.2) is 48.8 Å². The third kappa shape index (κ3) is 6.00. The highest BCUT2D eigenvalue weighted by Gasteiger charge is 2.07. The zero-order valence-electron chi connectivity index (χ0n) is 13.2. The van der Waals surface area contributed by atoms with Gasteiger partial charge < -0.3 is 10.1 Å². The molecule has 0 aliphatic heterocycles. The van der Waals surface area contributed by atoms with E-state index in [0.29, 0.717) is 19.7 Å². The summed E-state index contributed by atoms with van der Waals surface area (Å²) in [5.41, 5.74) is 2.01. The Morgan fingerprint density at radius 1 is 1.17 bits per heavy atom. The van der Waals surface area contributed by atoms with Crippen LogP contribution in [-0.2, 0) is 23.0 Å². The highest BCUT2D eigenvalue weighted by molar-refractivity contribution is 7.91. The van der Waals surface area contributed by atoms with Gasteiger partial charge in [-0.3, -0.25) is 4.98 Å². The average Bonchev–Trinajstić information content (AvgIpc) is 2.59. The van der Waals surface area contributed by atoms with Crippen LogP contribution in [0.1, 0.15) is 18.1 Å². The number of nitrogens with one attached hydrogen (secondary N) is 1. The topological polar surface area (TPSA) is 68.3 Å². The predicted octanol–water partition coefficient (Wildman–Crippen LogP) is 2.18. The fourth-order valence-electron chi connectivity index (χ4n) is 2.03. The Morgan fingerprint density at radius 3 is 2.74 bits per heavy atom. The van der Waals surface area contributed by atoms with Crippen molar-refractivity contribution >= 4 is 9.84 Å². The molecule has 23 heavy (non-hydrogen) atoms. The molecular weight excluding hydrogens is 312 g/mol. The van der Waals surface area contributed by atoms with Gasteiger partial charge in [-0.25, -0.2) is 8.42 Å². The fourth-order valence-corrected chi connectivity index (χ4v) is 2.77. The summed E-state index contributed by atoms with van der Waals surface area (Å²) in [5, 5.41) is 3.16. The van der Waals surface area contributed by atoms with Crippen LogP contribution < -0.4 is 10.1 Å². The Morgan fingerprint density at radius 2 is 2.00 bits per heavy atom.